The molecule has 8 nitrogen and oxygen atoms in total. The van der Waals surface area contributed by atoms with Gasteiger partial charge in [-0.1, -0.05) is 30.7 Å². The highest BCUT2D eigenvalue weighted by atomic mass is 35.5. The topological polar surface area (TPSA) is 85.6 Å². The standard InChI is InChI=1S/C26H24ClFN4O4/c1-5-22(33)36-24-18(29-25(34)23-16(27)8-6-9-17(23)28)10-7-11-20(24)32-21-14-15(30(2)3)12-13-19(21)31(4)26(32)35/h6-14H,5H2,1-4H3,(H,29,34). The largest absolute Gasteiger partial charge is 0.422 e. The smallest absolute Gasteiger partial charge is 0.333 e. The Morgan fingerprint density at radius 3 is 2.47 bits per heavy atom. The third-order valence-corrected chi connectivity index (χ3v) is 6.05. The molecule has 0 spiro atoms. The molecular weight excluding hydrogens is 487 g/mol. The normalized spacial score (nSPS) is 10.9. The number of amides is 1. The number of carbonyl (C=O) groups excluding carboxylic acids is 2. The number of imidazole rings is 1. The van der Waals surface area contributed by atoms with E-state index in [0.717, 1.165) is 11.8 Å². The number of carbonyl (C=O) groups is 2. The number of fused-ring (bicyclic) bond motifs is 1. The van der Waals surface area contributed by atoms with E-state index in [1.165, 1.54) is 27.3 Å². The van der Waals surface area contributed by atoms with Crippen molar-refractivity contribution in [2.24, 2.45) is 7.05 Å². The molecule has 0 radical (unpaired) electrons. The Morgan fingerprint density at radius 2 is 1.81 bits per heavy atom. The molecule has 1 aromatic heterocycles. The number of aryl methyl sites for hydroxylation is 1. The van der Waals surface area contributed by atoms with Crippen LogP contribution in [-0.4, -0.2) is 35.1 Å². The van der Waals surface area contributed by atoms with Gasteiger partial charge in [-0.15, -0.1) is 0 Å². The lowest BCUT2D eigenvalue weighted by Gasteiger charge is -2.17. The molecule has 1 heterocycles. The molecule has 3 aromatic carbocycles. The maximum absolute atomic E-state index is 14.4. The van der Waals surface area contributed by atoms with E-state index in [-0.39, 0.29) is 39.8 Å². The molecule has 0 aliphatic rings. The van der Waals surface area contributed by atoms with E-state index < -0.39 is 17.7 Å². The fourth-order valence-electron chi connectivity index (χ4n) is 3.83. The molecule has 1 N–H and O–H groups in total. The van der Waals surface area contributed by atoms with Gasteiger partial charge in [0.2, 0.25) is 0 Å². The number of halogens is 2. The van der Waals surface area contributed by atoms with Gasteiger partial charge in [0.15, 0.2) is 5.75 Å². The number of anilines is 2. The van der Waals surface area contributed by atoms with E-state index >= 15 is 0 Å². The van der Waals surface area contributed by atoms with E-state index in [1.54, 1.807) is 26.1 Å². The van der Waals surface area contributed by atoms with E-state index in [1.807, 2.05) is 37.2 Å². The van der Waals surface area contributed by atoms with Crippen LogP contribution in [0.3, 0.4) is 0 Å². The number of para-hydroxylation sites is 1. The Hall–Kier alpha value is -4.11. The predicted octanol–water partition coefficient (Wildman–Crippen LogP) is 4.76. The van der Waals surface area contributed by atoms with E-state index in [2.05, 4.69) is 5.32 Å². The van der Waals surface area contributed by atoms with Crippen molar-refractivity contribution in [1.29, 1.82) is 0 Å². The molecule has 0 saturated heterocycles. The quantitative estimate of drug-likeness (QED) is 0.299. The third kappa shape index (κ3) is 4.45. The van der Waals surface area contributed by atoms with Gasteiger partial charge in [0.25, 0.3) is 5.91 Å². The summed E-state index contributed by atoms with van der Waals surface area (Å²) in [6.45, 7) is 1.62. The molecule has 0 fully saturated rings. The third-order valence-electron chi connectivity index (χ3n) is 5.73. The zero-order valence-corrected chi connectivity index (χ0v) is 20.9. The van der Waals surface area contributed by atoms with Crippen LogP contribution in [0.15, 0.2) is 59.4 Å². The van der Waals surface area contributed by atoms with Crippen molar-refractivity contribution >= 4 is 45.9 Å². The Balaban J connectivity index is 1.93. The van der Waals surface area contributed by atoms with Gasteiger partial charge in [0, 0.05) is 33.3 Å². The molecule has 186 valence electrons. The molecule has 0 aliphatic heterocycles. The van der Waals surface area contributed by atoms with Crippen LogP contribution >= 0.6 is 11.6 Å². The minimum absolute atomic E-state index is 0.0463. The summed E-state index contributed by atoms with van der Waals surface area (Å²) in [5.41, 5.74) is 1.67. The molecule has 0 unspecified atom stereocenters. The van der Waals surface area contributed by atoms with Crippen LogP contribution in [0.2, 0.25) is 5.02 Å². The average Bonchev–Trinajstić information content (AvgIpc) is 3.09. The number of rotatable bonds is 6. The Labute approximate surface area is 211 Å². The Bertz CT molecular complexity index is 1540. The monoisotopic (exact) mass is 510 g/mol. The van der Waals surface area contributed by atoms with Gasteiger partial charge in [0.05, 0.1) is 33.0 Å². The van der Waals surface area contributed by atoms with E-state index in [0.29, 0.717) is 11.0 Å². The van der Waals surface area contributed by atoms with Crippen molar-refractivity contribution in [1.82, 2.24) is 9.13 Å². The number of hydrogen-bond acceptors (Lipinski definition) is 5. The highest BCUT2D eigenvalue weighted by molar-refractivity contribution is 6.34. The van der Waals surface area contributed by atoms with Gasteiger partial charge in [0.1, 0.15) is 5.82 Å². The number of esters is 1. The molecule has 0 saturated carbocycles. The van der Waals surface area contributed by atoms with Gasteiger partial charge in [-0.25, -0.2) is 9.18 Å². The first-order chi connectivity index (χ1) is 17.1. The molecule has 4 rings (SSSR count). The summed E-state index contributed by atoms with van der Waals surface area (Å²) in [5, 5.41) is 2.51. The predicted molar refractivity (Wildman–Crippen MR) is 138 cm³/mol. The van der Waals surface area contributed by atoms with Crippen LogP contribution in [0.4, 0.5) is 15.8 Å². The fraction of sp³-hybridized carbons (Fsp3) is 0.192. The summed E-state index contributed by atoms with van der Waals surface area (Å²) >= 11 is 6.06. The summed E-state index contributed by atoms with van der Waals surface area (Å²) in [4.78, 5) is 40.6. The summed E-state index contributed by atoms with van der Waals surface area (Å²) in [7, 11) is 5.40. The number of nitrogens with zero attached hydrogens (tertiary/aromatic N) is 3. The Kier molecular flexibility index (Phi) is 6.85. The molecule has 10 heteroatoms. The number of aromatic nitrogens is 2. The minimum atomic E-state index is -0.829. The zero-order chi connectivity index (χ0) is 26.1. The molecule has 4 aromatic rings. The molecule has 0 atom stereocenters. The first kappa shape index (κ1) is 25.0. The second-order valence-corrected chi connectivity index (χ2v) is 8.68. The van der Waals surface area contributed by atoms with Crippen molar-refractivity contribution in [3.05, 3.63) is 81.5 Å². The van der Waals surface area contributed by atoms with Crippen molar-refractivity contribution in [2.45, 2.75) is 13.3 Å². The zero-order valence-electron chi connectivity index (χ0n) is 20.1. The van der Waals surface area contributed by atoms with Crippen LogP contribution in [-0.2, 0) is 11.8 Å². The molecule has 0 bridgehead atoms. The van der Waals surface area contributed by atoms with Gasteiger partial charge >= 0.3 is 11.7 Å². The van der Waals surface area contributed by atoms with Gasteiger partial charge < -0.3 is 15.0 Å². The van der Waals surface area contributed by atoms with Crippen molar-refractivity contribution in [2.75, 3.05) is 24.3 Å². The van der Waals surface area contributed by atoms with Gasteiger partial charge in [-0.05, 0) is 42.5 Å². The first-order valence-electron chi connectivity index (χ1n) is 11.1. The Morgan fingerprint density at radius 1 is 1.08 bits per heavy atom. The summed E-state index contributed by atoms with van der Waals surface area (Å²) in [6, 6.07) is 14.1. The number of hydrogen-bond donors (Lipinski definition) is 1. The van der Waals surface area contributed by atoms with Crippen LogP contribution in [0.25, 0.3) is 16.7 Å². The highest BCUT2D eigenvalue weighted by Gasteiger charge is 2.23. The minimum Gasteiger partial charge on any atom is -0.422 e. The molecule has 1 amide bonds. The summed E-state index contributed by atoms with van der Waals surface area (Å²) in [5.74, 6) is -2.26. The second kappa shape index (κ2) is 9.87. The maximum atomic E-state index is 14.4. The fourth-order valence-corrected chi connectivity index (χ4v) is 4.08. The first-order valence-corrected chi connectivity index (χ1v) is 11.5. The lowest BCUT2D eigenvalue weighted by atomic mass is 10.1. The summed E-state index contributed by atoms with van der Waals surface area (Å²) in [6.07, 6.45) is 0.0517. The summed E-state index contributed by atoms with van der Waals surface area (Å²) < 4.78 is 22.9. The average molecular weight is 511 g/mol. The van der Waals surface area contributed by atoms with Crippen molar-refractivity contribution in [3.8, 4) is 11.4 Å². The van der Waals surface area contributed by atoms with E-state index in [9.17, 15) is 18.8 Å². The molecular formula is C26H24ClFN4O4. The van der Waals surface area contributed by atoms with Gasteiger partial charge in [-0.2, -0.15) is 0 Å². The number of nitrogens with one attached hydrogen (secondary N) is 1. The van der Waals surface area contributed by atoms with Crippen molar-refractivity contribution in [3.63, 3.8) is 0 Å². The SMILES string of the molecule is CCC(=O)Oc1c(NC(=O)c2c(F)cccc2Cl)cccc1-n1c(=O)n(C)c2ccc(N(C)C)cc21. The van der Waals surface area contributed by atoms with E-state index in [4.69, 9.17) is 16.3 Å². The lowest BCUT2D eigenvalue weighted by Crippen LogP contribution is -2.23. The van der Waals surface area contributed by atoms with Crippen LogP contribution in [0.1, 0.15) is 23.7 Å². The van der Waals surface area contributed by atoms with Crippen LogP contribution in [0.5, 0.6) is 5.75 Å². The lowest BCUT2D eigenvalue weighted by molar-refractivity contribution is -0.133. The molecule has 36 heavy (non-hydrogen) atoms. The second-order valence-electron chi connectivity index (χ2n) is 8.28. The number of ether oxygens (including phenoxy) is 1. The maximum Gasteiger partial charge on any atom is 0.333 e. The van der Waals surface area contributed by atoms with Crippen LogP contribution in [0, 0.1) is 5.82 Å². The highest BCUT2D eigenvalue weighted by Crippen LogP contribution is 2.35. The number of benzene rings is 3. The van der Waals surface area contributed by atoms with Gasteiger partial charge in [-0.3, -0.25) is 18.7 Å². The molecule has 0 aliphatic carbocycles. The van der Waals surface area contributed by atoms with Crippen LogP contribution < -0.4 is 20.6 Å². The van der Waals surface area contributed by atoms with Crippen molar-refractivity contribution < 1.29 is 18.7 Å².